The maximum Gasteiger partial charge on any atom is 0.335 e. The lowest BCUT2D eigenvalue weighted by atomic mass is 10.1. The Morgan fingerprint density at radius 1 is 0.905 bits per heavy atom. The summed E-state index contributed by atoms with van der Waals surface area (Å²) < 4.78 is 0. The standard InChI is InChI=1S/C32H37N5O5/c1-3-36-18-6-8-27(36)20-37(21-29(38)33-25-16-12-24(13-17-25)31(40)41)30(39)19-23-10-14-26(15-11-23)34-32(42)35-28-9-5-4-7-22(28)2/h4-5,7,9-17,27H,3,6,8,18-21H2,1-2H3,(H,33,38)(H,40,41)(H2,34,35,42). The van der Waals surface area contributed by atoms with Crippen LogP contribution in [0.5, 0.6) is 0 Å². The lowest BCUT2D eigenvalue weighted by molar-refractivity contribution is -0.134. The second-order valence-electron chi connectivity index (χ2n) is 10.4. The fourth-order valence-electron chi connectivity index (χ4n) is 5.09. The number of nitrogens with zero attached hydrogens (tertiary/aromatic N) is 2. The number of amides is 4. The molecule has 1 saturated heterocycles. The minimum absolute atomic E-state index is 0.106. The maximum absolute atomic E-state index is 13.5. The van der Waals surface area contributed by atoms with E-state index in [-0.39, 0.29) is 42.4 Å². The number of para-hydroxylation sites is 1. The van der Waals surface area contributed by atoms with Gasteiger partial charge < -0.3 is 26.0 Å². The van der Waals surface area contributed by atoms with Crippen LogP contribution in [0.15, 0.2) is 72.8 Å². The predicted molar refractivity (Wildman–Crippen MR) is 163 cm³/mol. The van der Waals surface area contributed by atoms with Gasteiger partial charge in [-0.25, -0.2) is 9.59 Å². The van der Waals surface area contributed by atoms with Crippen molar-refractivity contribution >= 4 is 40.9 Å². The van der Waals surface area contributed by atoms with E-state index in [1.54, 1.807) is 29.2 Å². The quantitative estimate of drug-likeness (QED) is 0.261. The van der Waals surface area contributed by atoms with Crippen LogP contribution < -0.4 is 16.0 Å². The van der Waals surface area contributed by atoms with Gasteiger partial charge >= 0.3 is 12.0 Å². The van der Waals surface area contributed by atoms with Gasteiger partial charge in [0.05, 0.1) is 18.5 Å². The molecule has 0 spiro atoms. The predicted octanol–water partition coefficient (Wildman–Crippen LogP) is 4.83. The minimum Gasteiger partial charge on any atom is -0.478 e. The first-order chi connectivity index (χ1) is 20.2. The van der Waals surface area contributed by atoms with Crippen molar-refractivity contribution in [2.24, 2.45) is 0 Å². The monoisotopic (exact) mass is 571 g/mol. The molecule has 42 heavy (non-hydrogen) atoms. The molecule has 1 unspecified atom stereocenters. The lowest BCUT2D eigenvalue weighted by Crippen LogP contribution is -2.46. The topological polar surface area (TPSA) is 131 Å². The summed E-state index contributed by atoms with van der Waals surface area (Å²) in [6.07, 6.45) is 2.12. The summed E-state index contributed by atoms with van der Waals surface area (Å²) in [7, 11) is 0. The molecule has 10 nitrogen and oxygen atoms in total. The van der Waals surface area contributed by atoms with Crippen molar-refractivity contribution in [1.29, 1.82) is 0 Å². The second kappa shape index (κ2) is 14.3. The molecule has 0 saturated carbocycles. The van der Waals surface area contributed by atoms with Gasteiger partial charge in [-0.3, -0.25) is 14.5 Å². The van der Waals surface area contributed by atoms with Gasteiger partial charge in [0.1, 0.15) is 0 Å². The third-order valence-corrected chi connectivity index (χ3v) is 7.40. The zero-order valence-electron chi connectivity index (χ0n) is 23.9. The van der Waals surface area contributed by atoms with Crippen molar-refractivity contribution in [3.8, 4) is 0 Å². The van der Waals surface area contributed by atoms with E-state index in [9.17, 15) is 19.2 Å². The van der Waals surface area contributed by atoms with Gasteiger partial charge in [0.15, 0.2) is 0 Å². The second-order valence-corrected chi connectivity index (χ2v) is 10.4. The molecule has 3 aromatic rings. The van der Waals surface area contributed by atoms with Crippen LogP contribution >= 0.6 is 0 Å². The molecule has 10 heteroatoms. The molecule has 0 aliphatic carbocycles. The minimum atomic E-state index is -1.05. The Hall–Kier alpha value is -4.70. The number of carboxylic acids is 1. The molecule has 0 aromatic heterocycles. The van der Waals surface area contributed by atoms with Crippen molar-refractivity contribution in [1.82, 2.24) is 9.80 Å². The van der Waals surface area contributed by atoms with E-state index < -0.39 is 5.97 Å². The van der Waals surface area contributed by atoms with Crippen molar-refractivity contribution in [3.05, 3.63) is 89.5 Å². The average molecular weight is 572 g/mol. The zero-order chi connectivity index (χ0) is 30.1. The first kappa shape index (κ1) is 30.3. The fraction of sp³-hybridized carbons (Fsp3) is 0.312. The van der Waals surface area contributed by atoms with Crippen LogP contribution in [0, 0.1) is 6.92 Å². The van der Waals surface area contributed by atoms with Crippen LogP contribution in [0.1, 0.15) is 41.3 Å². The highest BCUT2D eigenvalue weighted by molar-refractivity contribution is 6.00. The number of likely N-dealkylation sites (tertiary alicyclic amines) is 1. The molecule has 1 aliphatic heterocycles. The summed E-state index contributed by atoms with van der Waals surface area (Å²) in [6.45, 7) is 6.18. The zero-order valence-corrected chi connectivity index (χ0v) is 23.9. The molecule has 1 heterocycles. The summed E-state index contributed by atoms with van der Waals surface area (Å²) in [5.41, 5.74) is 3.62. The number of aryl methyl sites for hydroxylation is 1. The Bertz CT molecular complexity index is 1410. The molecular formula is C32H37N5O5. The van der Waals surface area contributed by atoms with Crippen LogP contribution in [-0.2, 0) is 16.0 Å². The van der Waals surface area contributed by atoms with Gasteiger partial charge in [-0.15, -0.1) is 0 Å². The Labute approximate surface area is 245 Å². The largest absolute Gasteiger partial charge is 0.478 e. The highest BCUT2D eigenvalue weighted by atomic mass is 16.4. The molecule has 1 aliphatic rings. The normalized spacial score (nSPS) is 14.7. The molecular weight excluding hydrogens is 534 g/mol. The molecule has 0 radical (unpaired) electrons. The van der Waals surface area contributed by atoms with Gasteiger partial charge in [0.25, 0.3) is 0 Å². The molecule has 0 bridgehead atoms. The molecule has 1 fully saturated rings. The SMILES string of the molecule is CCN1CCCC1CN(CC(=O)Nc1ccc(C(=O)O)cc1)C(=O)Cc1ccc(NC(=O)Nc2ccccc2C)cc1. The number of rotatable bonds is 11. The van der Waals surface area contributed by atoms with E-state index in [4.69, 9.17) is 5.11 Å². The van der Waals surface area contributed by atoms with Gasteiger partial charge in [0.2, 0.25) is 11.8 Å². The van der Waals surface area contributed by atoms with Gasteiger partial charge in [0, 0.05) is 29.6 Å². The number of aromatic carboxylic acids is 1. The smallest absolute Gasteiger partial charge is 0.335 e. The van der Waals surface area contributed by atoms with Gasteiger partial charge in [-0.05, 0) is 86.4 Å². The van der Waals surface area contributed by atoms with Crippen molar-refractivity contribution in [2.75, 3.05) is 42.1 Å². The number of benzene rings is 3. The Balaban J connectivity index is 1.38. The number of carbonyl (C=O) groups excluding carboxylic acids is 3. The number of hydrogen-bond donors (Lipinski definition) is 4. The Morgan fingerprint density at radius 2 is 1.57 bits per heavy atom. The summed E-state index contributed by atoms with van der Waals surface area (Å²) in [5, 5.41) is 17.5. The van der Waals surface area contributed by atoms with E-state index in [2.05, 4.69) is 27.8 Å². The fourth-order valence-corrected chi connectivity index (χ4v) is 5.09. The summed E-state index contributed by atoms with van der Waals surface area (Å²) in [5.74, 6) is -1.57. The van der Waals surface area contributed by atoms with Crippen LogP contribution in [-0.4, -0.2) is 70.9 Å². The number of nitrogens with one attached hydrogen (secondary N) is 3. The molecule has 220 valence electrons. The van der Waals surface area contributed by atoms with Crippen LogP contribution in [0.25, 0.3) is 0 Å². The first-order valence-electron chi connectivity index (χ1n) is 14.1. The van der Waals surface area contributed by atoms with Crippen LogP contribution in [0.3, 0.4) is 0 Å². The number of carboxylic acid groups (broad SMARTS) is 1. The summed E-state index contributed by atoms with van der Waals surface area (Å²) >= 11 is 0. The summed E-state index contributed by atoms with van der Waals surface area (Å²) in [4.78, 5) is 53.9. The van der Waals surface area contributed by atoms with Gasteiger partial charge in [-0.1, -0.05) is 37.3 Å². The highest BCUT2D eigenvalue weighted by Crippen LogP contribution is 2.20. The number of hydrogen-bond acceptors (Lipinski definition) is 5. The molecule has 4 N–H and O–H groups in total. The van der Waals surface area contributed by atoms with E-state index >= 15 is 0 Å². The number of anilines is 3. The van der Waals surface area contributed by atoms with Crippen molar-refractivity contribution in [2.45, 2.75) is 39.2 Å². The highest BCUT2D eigenvalue weighted by Gasteiger charge is 2.28. The molecule has 4 rings (SSSR count). The summed E-state index contributed by atoms with van der Waals surface area (Å²) in [6, 6.07) is 20.3. The number of carbonyl (C=O) groups is 4. The molecule has 3 aromatic carbocycles. The Kier molecular flexibility index (Phi) is 10.3. The lowest BCUT2D eigenvalue weighted by Gasteiger charge is -2.30. The Morgan fingerprint density at radius 3 is 2.24 bits per heavy atom. The molecule has 1 atom stereocenters. The van der Waals surface area contributed by atoms with Crippen molar-refractivity contribution < 1.29 is 24.3 Å². The first-order valence-corrected chi connectivity index (χ1v) is 14.1. The van der Waals surface area contributed by atoms with E-state index in [0.717, 1.165) is 42.7 Å². The third kappa shape index (κ3) is 8.40. The average Bonchev–Trinajstić information content (AvgIpc) is 3.42. The number of urea groups is 1. The molecule has 4 amide bonds. The van der Waals surface area contributed by atoms with Crippen molar-refractivity contribution in [3.63, 3.8) is 0 Å². The third-order valence-electron chi connectivity index (χ3n) is 7.40. The maximum atomic E-state index is 13.5. The van der Waals surface area contributed by atoms with Crippen LogP contribution in [0.4, 0.5) is 21.9 Å². The van der Waals surface area contributed by atoms with Crippen LogP contribution in [0.2, 0.25) is 0 Å². The number of likely N-dealkylation sites (N-methyl/N-ethyl adjacent to an activating group) is 1. The van der Waals surface area contributed by atoms with E-state index in [0.29, 0.717) is 17.9 Å². The van der Waals surface area contributed by atoms with E-state index in [1.165, 1.54) is 24.3 Å². The van der Waals surface area contributed by atoms with Gasteiger partial charge in [-0.2, -0.15) is 0 Å². The van der Waals surface area contributed by atoms with E-state index in [1.807, 2.05) is 31.2 Å².